The van der Waals surface area contributed by atoms with Gasteiger partial charge < -0.3 is 23.5 Å². The standard InChI is InChI=1S/C43H48N2O3/c1-2-38-39-23-24-41(48-31-34-17-9-4-10-18-34)40-29-36(32-46-28-14-6-13-27-44-25-11-5-12-26-44)43(45(39)40)42(38)35-19-21-37(22-20-35)47-30-33-15-7-3-8-16-33/h3-4,7-10,15-24,29H,2,5-6,11-14,25-28,30-32H2,1H3. The first-order chi connectivity index (χ1) is 23.8. The number of nitrogens with zero attached hydrogens (tertiary/aromatic N) is 2. The van der Waals surface area contributed by atoms with Crippen molar-refractivity contribution < 1.29 is 14.2 Å². The Kier molecular flexibility index (Phi) is 10.6. The van der Waals surface area contributed by atoms with Crippen molar-refractivity contribution >= 4 is 16.6 Å². The topological polar surface area (TPSA) is 35.3 Å². The fourth-order valence-corrected chi connectivity index (χ4v) is 7.26. The summed E-state index contributed by atoms with van der Waals surface area (Å²) in [6.07, 6.45) is 8.62. The molecule has 0 N–H and O–H groups in total. The zero-order chi connectivity index (χ0) is 32.5. The summed E-state index contributed by atoms with van der Waals surface area (Å²) in [6.45, 7) is 8.49. The van der Waals surface area contributed by atoms with Gasteiger partial charge in [0.05, 0.1) is 23.2 Å². The van der Waals surface area contributed by atoms with Gasteiger partial charge in [0.25, 0.3) is 0 Å². The van der Waals surface area contributed by atoms with Gasteiger partial charge in [0.15, 0.2) is 0 Å². The first kappa shape index (κ1) is 32.2. The summed E-state index contributed by atoms with van der Waals surface area (Å²) in [4.78, 5) is 2.63. The molecule has 0 aliphatic carbocycles. The summed E-state index contributed by atoms with van der Waals surface area (Å²) >= 11 is 0. The molecule has 0 saturated carbocycles. The maximum atomic E-state index is 6.46. The van der Waals surface area contributed by atoms with Gasteiger partial charge in [-0.25, -0.2) is 0 Å². The van der Waals surface area contributed by atoms with Crippen LogP contribution in [0.4, 0.5) is 0 Å². The Balaban J connectivity index is 1.13. The van der Waals surface area contributed by atoms with Crippen molar-refractivity contribution in [3.05, 3.63) is 125 Å². The fraction of sp³-hybridized carbons (Fsp3) is 0.349. The van der Waals surface area contributed by atoms with Crippen LogP contribution in [0.5, 0.6) is 11.5 Å². The highest BCUT2D eigenvalue weighted by Gasteiger charge is 2.24. The van der Waals surface area contributed by atoms with Gasteiger partial charge in [-0.1, -0.05) is 86.1 Å². The molecule has 4 heterocycles. The van der Waals surface area contributed by atoms with Crippen LogP contribution in [0.1, 0.15) is 67.7 Å². The molecule has 1 saturated heterocycles. The molecule has 0 bridgehead atoms. The van der Waals surface area contributed by atoms with Crippen molar-refractivity contribution in [2.24, 2.45) is 0 Å². The largest absolute Gasteiger partial charge is 0.489 e. The Hall–Kier alpha value is -4.32. The molecule has 3 aromatic heterocycles. The molecule has 248 valence electrons. The second kappa shape index (κ2) is 15.7. The zero-order valence-electron chi connectivity index (χ0n) is 28.3. The number of rotatable bonds is 16. The number of aryl methyl sites for hydroxylation is 1. The molecule has 1 aliphatic heterocycles. The number of benzene rings is 3. The number of ether oxygens (including phenoxy) is 3. The van der Waals surface area contributed by atoms with Crippen LogP contribution < -0.4 is 9.47 Å². The van der Waals surface area contributed by atoms with E-state index in [9.17, 15) is 0 Å². The lowest BCUT2D eigenvalue weighted by molar-refractivity contribution is 0.116. The molecular weight excluding hydrogens is 592 g/mol. The van der Waals surface area contributed by atoms with Gasteiger partial charge in [-0.3, -0.25) is 0 Å². The van der Waals surface area contributed by atoms with Crippen LogP contribution in [0.25, 0.3) is 27.7 Å². The third kappa shape index (κ3) is 7.38. The normalized spacial score (nSPS) is 13.9. The van der Waals surface area contributed by atoms with Crippen LogP contribution >= 0.6 is 0 Å². The van der Waals surface area contributed by atoms with E-state index in [2.05, 4.69) is 95.1 Å². The monoisotopic (exact) mass is 640 g/mol. The second-order valence-corrected chi connectivity index (χ2v) is 13.1. The molecule has 0 atom stereocenters. The minimum absolute atomic E-state index is 0.533. The second-order valence-electron chi connectivity index (χ2n) is 13.1. The molecule has 0 amide bonds. The number of hydrogen-bond acceptors (Lipinski definition) is 4. The van der Waals surface area contributed by atoms with Crippen molar-refractivity contribution in [3.63, 3.8) is 0 Å². The van der Waals surface area contributed by atoms with Crippen LogP contribution in [-0.4, -0.2) is 35.5 Å². The van der Waals surface area contributed by atoms with E-state index in [1.807, 2.05) is 24.3 Å². The SMILES string of the molecule is CCc1c(-c2ccc(OCc3ccccc3)cc2)c2c(COCCCCCN3CCCCC3)cc3c(OCc4ccccc4)ccc1n32. The highest BCUT2D eigenvalue weighted by atomic mass is 16.5. The van der Waals surface area contributed by atoms with E-state index in [1.54, 1.807) is 0 Å². The highest BCUT2D eigenvalue weighted by molar-refractivity contribution is 5.98. The molecule has 5 nitrogen and oxygen atoms in total. The van der Waals surface area contributed by atoms with Crippen molar-refractivity contribution in [2.45, 2.75) is 71.7 Å². The van der Waals surface area contributed by atoms with E-state index in [0.29, 0.717) is 19.8 Å². The summed E-state index contributed by atoms with van der Waals surface area (Å²) in [5.41, 5.74) is 10.9. The van der Waals surface area contributed by atoms with Crippen molar-refractivity contribution in [2.75, 3.05) is 26.2 Å². The van der Waals surface area contributed by atoms with Gasteiger partial charge >= 0.3 is 0 Å². The molecule has 48 heavy (non-hydrogen) atoms. The zero-order valence-corrected chi connectivity index (χ0v) is 28.3. The lowest BCUT2D eigenvalue weighted by Gasteiger charge is -2.26. The number of aromatic nitrogens is 1. The summed E-state index contributed by atoms with van der Waals surface area (Å²) in [5, 5.41) is 0. The molecule has 6 aromatic rings. The van der Waals surface area contributed by atoms with Gasteiger partial charge in [0, 0.05) is 17.7 Å². The highest BCUT2D eigenvalue weighted by Crippen LogP contribution is 2.42. The Bertz CT molecular complexity index is 1860. The molecule has 1 aliphatic rings. The average molecular weight is 641 g/mol. The van der Waals surface area contributed by atoms with Crippen LogP contribution in [0.2, 0.25) is 0 Å². The summed E-state index contributed by atoms with van der Waals surface area (Å²) in [6, 6.07) is 36.0. The molecule has 0 unspecified atom stereocenters. The predicted molar refractivity (Wildman–Crippen MR) is 196 cm³/mol. The van der Waals surface area contributed by atoms with E-state index < -0.39 is 0 Å². The predicted octanol–water partition coefficient (Wildman–Crippen LogP) is 10.1. The van der Waals surface area contributed by atoms with Crippen LogP contribution in [0.15, 0.2) is 103 Å². The maximum absolute atomic E-state index is 6.46. The number of likely N-dealkylation sites (tertiary alicyclic amines) is 1. The number of pyridine rings is 1. The van der Waals surface area contributed by atoms with E-state index in [1.165, 1.54) is 85.0 Å². The molecule has 3 aromatic carbocycles. The maximum Gasteiger partial charge on any atom is 0.143 e. The van der Waals surface area contributed by atoms with Gasteiger partial charge in [-0.05, 0) is 111 Å². The molecule has 0 spiro atoms. The van der Waals surface area contributed by atoms with Crippen molar-refractivity contribution in [3.8, 4) is 22.6 Å². The minimum Gasteiger partial charge on any atom is -0.489 e. The first-order valence-electron chi connectivity index (χ1n) is 17.9. The molecule has 7 rings (SSSR count). The fourth-order valence-electron chi connectivity index (χ4n) is 7.26. The minimum atomic E-state index is 0.533. The van der Waals surface area contributed by atoms with Crippen LogP contribution in [-0.2, 0) is 31.0 Å². The molecule has 1 fully saturated rings. The average Bonchev–Trinajstić information content (AvgIpc) is 3.69. The summed E-state index contributed by atoms with van der Waals surface area (Å²) in [7, 11) is 0. The Morgan fingerprint density at radius 3 is 2.06 bits per heavy atom. The number of hydrogen-bond donors (Lipinski definition) is 0. The van der Waals surface area contributed by atoms with Gasteiger partial charge in [0.1, 0.15) is 24.7 Å². The third-order valence-corrected chi connectivity index (χ3v) is 9.76. The van der Waals surface area contributed by atoms with Gasteiger partial charge in [0.2, 0.25) is 0 Å². The Morgan fingerprint density at radius 2 is 1.35 bits per heavy atom. The summed E-state index contributed by atoms with van der Waals surface area (Å²) in [5.74, 6) is 1.77. The van der Waals surface area contributed by atoms with Crippen molar-refractivity contribution in [1.82, 2.24) is 9.30 Å². The summed E-state index contributed by atoms with van der Waals surface area (Å²) < 4.78 is 21.4. The van der Waals surface area contributed by atoms with Crippen LogP contribution in [0.3, 0.4) is 0 Å². The van der Waals surface area contributed by atoms with E-state index in [0.717, 1.165) is 47.6 Å². The molecule has 0 radical (unpaired) electrons. The van der Waals surface area contributed by atoms with Crippen LogP contribution in [0, 0.1) is 0 Å². The van der Waals surface area contributed by atoms with E-state index in [4.69, 9.17) is 14.2 Å². The quantitative estimate of drug-likeness (QED) is 0.0987. The number of piperidine rings is 1. The number of unbranched alkanes of at least 4 members (excludes halogenated alkanes) is 2. The molecular formula is C43H48N2O3. The first-order valence-corrected chi connectivity index (χ1v) is 17.9. The van der Waals surface area contributed by atoms with Crippen molar-refractivity contribution in [1.29, 1.82) is 0 Å². The lowest BCUT2D eigenvalue weighted by Crippen LogP contribution is -2.30. The Labute approximate surface area is 285 Å². The third-order valence-electron chi connectivity index (χ3n) is 9.76. The van der Waals surface area contributed by atoms with E-state index >= 15 is 0 Å². The lowest BCUT2D eigenvalue weighted by atomic mass is 9.98. The molecule has 5 heteroatoms. The Morgan fingerprint density at radius 1 is 0.646 bits per heavy atom. The smallest absolute Gasteiger partial charge is 0.143 e. The van der Waals surface area contributed by atoms with Gasteiger partial charge in [-0.2, -0.15) is 0 Å². The van der Waals surface area contributed by atoms with E-state index in [-0.39, 0.29) is 0 Å². The van der Waals surface area contributed by atoms with Gasteiger partial charge in [-0.15, -0.1) is 0 Å².